The largest absolute Gasteiger partial charge is 0.313 e. The molecule has 0 aliphatic heterocycles. The quantitative estimate of drug-likeness (QED) is 0.560. The van der Waals surface area contributed by atoms with Crippen molar-refractivity contribution in [3.8, 4) is 12.3 Å². The van der Waals surface area contributed by atoms with E-state index < -0.39 is 0 Å². The summed E-state index contributed by atoms with van der Waals surface area (Å²) < 4.78 is 1.89. The molecule has 0 bridgehead atoms. The normalized spacial score (nSPS) is 10.1. The molecule has 0 aliphatic rings. The molecule has 3 heteroatoms. The van der Waals surface area contributed by atoms with E-state index in [-0.39, 0.29) is 0 Å². The van der Waals surface area contributed by atoms with Crippen LogP contribution in [-0.2, 0) is 13.6 Å². The van der Waals surface area contributed by atoms with E-state index in [1.165, 1.54) is 11.3 Å². The Kier molecular flexibility index (Phi) is 4.21. The van der Waals surface area contributed by atoms with Gasteiger partial charge in [0, 0.05) is 31.3 Å². The van der Waals surface area contributed by atoms with Gasteiger partial charge in [-0.2, -0.15) is 5.10 Å². The molecule has 0 unspecified atom stereocenters. The molecule has 3 nitrogen and oxygen atoms in total. The SMILES string of the molecule is C#CCCCNCc1cnn(C)c1C. The predicted octanol–water partition coefficient (Wildman–Crippen LogP) is 1.23. The average Bonchev–Trinajstić information content (AvgIpc) is 2.49. The maximum absolute atomic E-state index is 5.16. The van der Waals surface area contributed by atoms with Crippen molar-refractivity contribution < 1.29 is 0 Å². The van der Waals surface area contributed by atoms with E-state index in [1.54, 1.807) is 0 Å². The summed E-state index contributed by atoms with van der Waals surface area (Å²) >= 11 is 0. The van der Waals surface area contributed by atoms with Crippen molar-refractivity contribution in [2.75, 3.05) is 6.54 Å². The molecular formula is C11H17N3. The van der Waals surface area contributed by atoms with Gasteiger partial charge < -0.3 is 5.32 Å². The number of nitrogens with zero attached hydrogens (tertiary/aromatic N) is 2. The van der Waals surface area contributed by atoms with Crippen LogP contribution in [-0.4, -0.2) is 16.3 Å². The second-order valence-corrected chi connectivity index (χ2v) is 3.36. The maximum atomic E-state index is 5.16. The third kappa shape index (κ3) is 2.90. The molecule has 1 heterocycles. The van der Waals surface area contributed by atoms with Crippen molar-refractivity contribution in [2.45, 2.75) is 26.3 Å². The van der Waals surface area contributed by atoms with E-state index >= 15 is 0 Å². The van der Waals surface area contributed by atoms with Crippen LogP contribution in [0.25, 0.3) is 0 Å². The summed E-state index contributed by atoms with van der Waals surface area (Å²) in [6, 6.07) is 0. The van der Waals surface area contributed by atoms with Crippen LogP contribution in [0.3, 0.4) is 0 Å². The van der Waals surface area contributed by atoms with Gasteiger partial charge in [0.25, 0.3) is 0 Å². The molecule has 14 heavy (non-hydrogen) atoms. The highest BCUT2D eigenvalue weighted by molar-refractivity contribution is 5.15. The lowest BCUT2D eigenvalue weighted by Gasteiger charge is -2.02. The van der Waals surface area contributed by atoms with E-state index in [0.29, 0.717) is 0 Å². The molecule has 1 aromatic heterocycles. The molecule has 0 atom stereocenters. The zero-order chi connectivity index (χ0) is 10.4. The lowest BCUT2D eigenvalue weighted by Crippen LogP contribution is -2.14. The van der Waals surface area contributed by atoms with Crippen molar-refractivity contribution >= 4 is 0 Å². The Labute approximate surface area is 85.5 Å². The summed E-state index contributed by atoms with van der Waals surface area (Å²) in [4.78, 5) is 0. The predicted molar refractivity (Wildman–Crippen MR) is 57.7 cm³/mol. The molecule has 0 saturated carbocycles. The highest BCUT2D eigenvalue weighted by Crippen LogP contribution is 2.04. The summed E-state index contributed by atoms with van der Waals surface area (Å²) in [6.45, 7) is 3.92. The van der Waals surface area contributed by atoms with Crippen molar-refractivity contribution in [2.24, 2.45) is 7.05 Å². The molecule has 0 aliphatic carbocycles. The van der Waals surface area contributed by atoms with Gasteiger partial charge in [-0.1, -0.05) is 0 Å². The number of hydrogen-bond acceptors (Lipinski definition) is 2. The fraction of sp³-hybridized carbons (Fsp3) is 0.545. The second kappa shape index (κ2) is 5.46. The summed E-state index contributed by atoms with van der Waals surface area (Å²) in [7, 11) is 1.96. The number of aryl methyl sites for hydroxylation is 1. The van der Waals surface area contributed by atoms with Crippen LogP contribution in [0.1, 0.15) is 24.1 Å². The Morgan fingerprint density at radius 1 is 1.64 bits per heavy atom. The minimum absolute atomic E-state index is 0.846. The summed E-state index contributed by atoms with van der Waals surface area (Å²) in [5, 5.41) is 7.52. The van der Waals surface area contributed by atoms with Gasteiger partial charge in [-0.15, -0.1) is 12.3 Å². The van der Waals surface area contributed by atoms with Gasteiger partial charge >= 0.3 is 0 Å². The van der Waals surface area contributed by atoms with Gasteiger partial charge in [0.1, 0.15) is 0 Å². The fourth-order valence-corrected chi connectivity index (χ4v) is 1.26. The van der Waals surface area contributed by atoms with Crippen LogP contribution in [0.15, 0.2) is 6.20 Å². The zero-order valence-electron chi connectivity index (χ0n) is 8.88. The first-order valence-electron chi connectivity index (χ1n) is 4.87. The Hall–Kier alpha value is -1.27. The lowest BCUT2D eigenvalue weighted by atomic mass is 10.2. The molecule has 0 amide bonds. The Bertz CT molecular complexity index is 320. The molecule has 0 saturated heterocycles. The summed E-state index contributed by atoms with van der Waals surface area (Å²) in [5.41, 5.74) is 2.47. The Balaban J connectivity index is 2.25. The van der Waals surface area contributed by atoms with Crippen LogP contribution in [0.2, 0.25) is 0 Å². The molecule has 0 spiro atoms. The topological polar surface area (TPSA) is 29.9 Å². The molecule has 0 fully saturated rings. The zero-order valence-corrected chi connectivity index (χ0v) is 8.88. The van der Waals surface area contributed by atoms with Crippen LogP contribution in [0.5, 0.6) is 0 Å². The average molecular weight is 191 g/mol. The van der Waals surface area contributed by atoms with E-state index in [9.17, 15) is 0 Å². The second-order valence-electron chi connectivity index (χ2n) is 3.36. The van der Waals surface area contributed by atoms with E-state index in [1.807, 2.05) is 17.9 Å². The molecule has 1 N–H and O–H groups in total. The summed E-state index contributed by atoms with van der Waals surface area (Å²) in [5.74, 6) is 2.63. The molecule has 76 valence electrons. The molecule has 0 radical (unpaired) electrons. The monoisotopic (exact) mass is 191 g/mol. The van der Waals surface area contributed by atoms with Crippen molar-refractivity contribution in [3.63, 3.8) is 0 Å². The van der Waals surface area contributed by atoms with Crippen LogP contribution in [0, 0.1) is 19.3 Å². The molecule has 1 aromatic rings. The van der Waals surface area contributed by atoms with E-state index in [2.05, 4.69) is 23.3 Å². The minimum atomic E-state index is 0.846. The Morgan fingerprint density at radius 3 is 3.00 bits per heavy atom. The van der Waals surface area contributed by atoms with Crippen molar-refractivity contribution in [1.82, 2.24) is 15.1 Å². The lowest BCUT2D eigenvalue weighted by molar-refractivity contribution is 0.654. The first kappa shape index (κ1) is 10.8. The number of aromatic nitrogens is 2. The fourth-order valence-electron chi connectivity index (χ4n) is 1.26. The maximum Gasteiger partial charge on any atom is 0.0537 e. The highest BCUT2D eigenvalue weighted by Gasteiger charge is 2.01. The molecule has 1 rings (SSSR count). The standard InChI is InChI=1S/C11H17N3/c1-4-5-6-7-12-8-11-9-13-14(3)10(11)2/h1,9,12H,5-8H2,2-3H3. The number of unbranched alkanes of at least 4 members (excludes halogenated alkanes) is 1. The number of nitrogens with one attached hydrogen (secondary N) is 1. The Morgan fingerprint density at radius 2 is 2.43 bits per heavy atom. The molecular weight excluding hydrogens is 174 g/mol. The van der Waals surface area contributed by atoms with Crippen molar-refractivity contribution in [1.29, 1.82) is 0 Å². The van der Waals surface area contributed by atoms with Gasteiger partial charge in [0.15, 0.2) is 0 Å². The van der Waals surface area contributed by atoms with Crippen molar-refractivity contribution in [3.05, 3.63) is 17.5 Å². The number of hydrogen-bond donors (Lipinski definition) is 1. The summed E-state index contributed by atoms with van der Waals surface area (Å²) in [6.07, 6.45) is 8.95. The van der Waals surface area contributed by atoms with Gasteiger partial charge in [-0.3, -0.25) is 4.68 Å². The minimum Gasteiger partial charge on any atom is -0.313 e. The third-order valence-electron chi connectivity index (χ3n) is 2.33. The van der Waals surface area contributed by atoms with Gasteiger partial charge in [0.2, 0.25) is 0 Å². The number of rotatable bonds is 5. The first-order valence-corrected chi connectivity index (χ1v) is 4.87. The van der Waals surface area contributed by atoms with Gasteiger partial charge in [0.05, 0.1) is 6.20 Å². The van der Waals surface area contributed by atoms with E-state index in [0.717, 1.165) is 25.9 Å². The number of terminal acetylenes is 1. The highest BCUT2D eigenvalue weighted by atomic mass is 15.3. The smallest absolute Gasteiger partial charge is 0.0537 e. The third-order valence-corrected chi connectivity index (χ3v) is 2.33. The van der Waals surface area contributed by atoms with Crippen LogP contribution >= 0.6 is 0 Å². The van der Waals surface area contributed by atoms with E-state index in [4.69, 9.17) is 6.42 Å². The molecule has 0 aromatic carbocycles. The first-order chi connectivity index (χ1) is 6.75. The van der Waals surface area contributed by atoms with Crippen LogP contribution < -0.4 is 5.32 Å². The van der Waals surface area contributed by atoms with Gasteiger partial charge in [-0.25, -0.2) is 0 Å². The van der Waals surface area contributed by atoms with Gasteiger partial charge in [-0.05, 0) is 19.9 Å². The van der Waals surface area contributed by atoms with Crippen LogP contribution in [0.4, 0.5) is 0 Å².